The summed E-state index contributed by atoms with van der Waals surface area (Å²) in [5.74, 6) is 0.0301. The van der Waals surface area contributed by atoms with E-state index in [1.54, 1.807) is 48.5 Å². The Morgan fingerprint density at radius 2 is 1.64 bits per heavy atom. The zero-order valence-corrected chi connectivity index (χ0v) is 15.2. The van der Waals surface area contributed by atoms with Crippen molar-refractivity contribution in [3.63, 3.8) is 0 Å². The summed E-state index contributed by atoms with van der Waals surface area (Å²) in [6, 6.07) is 17.8. The van der Waals surface area contributed by atoms with E-state index < -0.39 is 0 Å². The van der Waals surface area contributed by atoms with Gasteiger partial charge in [-0.1, -0.05) is 41.9 Å². The van der Waals surface area contributed by atoms with E-state index in [0.717, 1.165) is 5.69 Å². The van der Waals surface area contributed by atoms with Crippen LogP contribution < -0.4 is 10.6 Å². The molecule has 128 valence electrons. The number of nitrogens with one attached hydrogen (secondary N) is 2. The number of carbonyl (C=O) groups excluding carboxylic acids is 1. The summed E-state index contributed by atoms with van der Waals surface area (Å²) in [5.41, 5.74) is 0.874. The molecule has 2 rings (SSSR count). The van der Waals surface area contributed by atoms with E-state index in [1.807, 2.05) is 32.9 Å². The monoisotopic (exact) mass is 353 g/mol. The molecule has 0 bridgehead atoms. The molecule has 4 nitrogen and oxygen atoms in total. The fraction of sp³-hybridized carbons (Fsp3) is 0.200. The molecule has 0 atom stereocenters. The van der Waals surface area contributed by atoms with Crippen molar-refractivity contribution in [1.82, 2.24) is 5.32 Å². The summed E-state index contributed by atoms with van der Waals surface area (Å²) < 4.78 is 0. The highest BCUT2D eigenvalue weighted by atomic mass is 35.5. The number of halogens is 1. The van der Waals surface area contributed by atoms with Crippen molar-refractivity contribution in [3.05, 3.63) is 76.6 Å². The molecule has 0 aliphatic heterocycles. The van der Waals surface area contributed by atoms with Gasteiger partial charge in [0, 0.05) is 21.8 Å². The van der Waals surface area contributed by atoms with Crippen LogP contribution in [0.5, 0.6) is 0 Å². The summed E-state index contributed by atoms with van der Waals surface area (Å²) in [7, 11) is 0. The van der Waals surface area contributed by atoms with Gasteiger partial charge in [0.15, 0.2) is 0 Å². The van der Waals surface area contributed by atoms with Gasteiger partial charge in [-0.2, -0.15) is 5.26 Å². The van der Waals surface area contributed by atoms with E-state index in [4.69, 9.17) is 11.6 Å². The maximum Gasteiger partial charge on any atom is 0.207 e. The van der Waals surface area contributed by atoms with E-state index in [-0.39, 0.29) is 16.9 Å². The molecule has 0 heterocycles. The van der Waals surface area contributed by atoms with Crippen molar-refractivity contribution in [1.29, 1.82) is 5.26 Å². The van der Waals surface area contributed by atoms with E-state index >= 15 is 0 Å². The minimum atomic E-state index is -0.339. The Balaban J connectivity index is 2.46. The molecule has 0 amide bonds. The van der Waals surface area contributed by atoms with Gasteiger partial charge in [0.1, 0.15) is 17.5 Å². The third-order valence-corrected chi connectivity index (χ3v) is 3.49. The average Bonchev–Trinajstić information content (AvgIpc) is 2.57. The van der Waals surface area contributed by atoms with Gasteiger partial charge >= 0.3 is 0 Å². The Kier molecular flexibility index (Phi) is 5.84. The van der Waals surface area contributed by atoms with Gasteiger partial charge in [-0.3, -0.25) is 4.79 Å². The highest BCUT2D eigenvalue weighted by Crippen LogP contribution is 2.19. The molecule has 0 aromatic heterocycles. The van der Waals surface area contributed by atoms with E-state index in [9.17, 15) is 10.1 Å². The quantitative estimate of drug-likeness (QED) is 0.462. The van der Waals surface area contributed by atoms with Gasteiger partial charge < -0.3 is 10.6 Å². The van der Waals surface area contributed by atoms with Crippen molar-refractivity contribution >= 4 is 23.1 Å². The van der Waals surface area contributed by atoms with Gasteiger partial charge in [0.2, 0.25) is 5.78 Å². The van der Waals surface area contributed by atoms with Crippen LogP contribution in [0.4, 0.5) is 5.69 Å². The molecule has 0 saturated carbocycles. The third kappa shape index (κ3) is 5.37. The van der Waals surface area contributed by atoms with Crippen molar-refractivity contribution < 1.29 is 4.79 Å². The maximum absolute atomic E-state index is 12.8. The molecule has 2 N–H and O–H groups in total. The number of nitriles is 1. The van der Waals surface area contributed by atoms with Crippen molar-refractivity contribution in [2.45, 2.75) is 26.3 Å². The molecule has 0 spiro atoms. The number of allylic oxidation sites excluding steroid dienone is 1. The summed E-state index contributed by atoms with van der Waals surface area (Å²) in [5, 5.41) is 16.6. The Morgan fingerprint density at radius 3 is 2.16 bits per heavy atom. The van der Waals surface area contributed by atoms with Crippen LogP contribution in [0.3, 0.4) is 0 Å². The number of rotatable bonds is 5. The Bertz CT molecular complexity index is 813. The van der Waals surface area contributed by atoms with Gasteiger partial charge in [0.05, 0.1) is 0 Å². The van der Waals surface area contributed by atoms with E-state index in [2.05, 4.69) is 10.6 Å². The Labute approximate surface area is 153 Å². The predicted molar refractivity (Wildman–Crippen MR) is 101 cm³/mol. The molecule has 0 unspecified atom stereocenters. The SMILES string of the molecule is CC(C)(C)N/C(Nc1ccc(Cl)cc1)=C(/C#N)C(=O)c1ccccc1. The third-order valence-electron chi connectivity index (χ3n) is 3.24. The summed E-state index contributed by atoms with van der Waals surface area (Å²) in [6.07, 6.45) is 0. The van der Waals surface area contributed by atoms with Crippen LogP contribution in [0.15, 0.2) is 66.0 Å². The second-order valence-electron chi connectivity index (χ2n) is 6.56. The highest BCUT2D eigenvalue weighted by Gasteiger charge is 2.21. The average molecular weight is 354 g/mol. The topological polar surface area (TPSA) is 64.9 Å². The molecule has 0 aliphatic rings. The Hall–Kier alpha value is -2.77. The first kappa shape index (κ1) is 18.6. The smallest absolute Gasteiger partial charge is 0.207 e. The lowest BCUT2D eigenvalue weighted by Crippen LogP contribution is -2.39. The normalized spacial score (nSPS) is 12.0. The maximum atomic E-state index is 12.8. The number of Topliss-reactive ketones (excluding diaryl/α,β-unsaturated/α-hetero) is 1. The van der Waals surface area contributed by atoms with Crippen molar-refractivity contribution in [3.8, 4) is 6.07 Å². The van der Waals surface area contributed by atoms with Crippen LogP contribution in [0, 0.1) is 11.3 Å². The number of nitrogens with zero attached hydrogens (tertiary/aromatic N) is 1. The molecular formula is C20H20ClN3O. The largest absolute Gasteiger partial charge is 0.366 e. The fourth-order valence-electron chi connectivity index (χ4n) is 2.16. The molecular weight excluding hydrogens is 334 g/mol. The zero-order chi connectivity index (χ0) is 18.4. The van der Waals surface area contributed by atoms with Crippen LogP contribution >= 0.6 is 11.6 Å². The molecule has 0 fully saturated rings. The molecule has 0 saturated heterocycles. The molecule has 2 aromatic carbocycles. The van der Waals surface area contributed by atoms with Crippen LogP contribution in [0.25, 0.3) is 0 Å². The Morgan fingerprint density at radius 1 is 1.04 bits per heavy atom. The minimum absolute atomic E-state index is 0.0241. The first-order valence-corrected chi connectivity index (χ1v) is 8.23. The van der Waals surface area contributed by atoms with Gasteiger partial charge in [-0.15, -0.1) is 0 Å². The van der Waals surface area contributed by atoms with Gasteiger partial charge in [-0.25, -0.2) is 0 Å². The summed E-state index contributed by atoms with van der Waals surface area (Å²) in [6.45, 7) is 5.87. The lowest BCUT2D eigenvalue weighted by atomic mass is 10.0. The fourth-order valence-corrected chi connectivity index (χ4v) is 2.29. The number of ketones is 1. The van der Waals surface area contributed by atoms with Crippen molar-refractivity contribution in [2.24, 2.45) is 0 Å². The van der Waals surface area contributed by atoms with Gasteiger partial charge in [-0.05, 0) is 45.0 Å². The van der Waals surface area contributed by atoms with Crippen LogP contribution in [0.2, 0.25) is 5.02 Å². The number of benzene rings is 2. The lowest BCUT2D eigenvalue weighted by Gasteiger charge is -2.26. The molecule has 25 heavy (non-hydrogen) atoms. The second-order valence-corrected chi connectivity index (χ2v) is 7.00. The minimum Gasteiger partial charge on any atom is -0.366 e. The summed E-state index contributed by atoms with van der Waals surface area (Å²) in [4.78, 5) is 12.8. The zero-order valence-electron chi connectivity index (χ0n) is 14.4. The molecule has 2 aromatic rings. The first-order valence-electron chi connectivity index (χ1n) is 7.85. The predicted octanol–water partition coefficient (Wildman–Crippen LogP) is 4.76. The standard InChI is InChI=1S/C20H20ClN3O/c1-20(2,3)24-19(23-16-11-9-15(21)10-12-16)17(13-22)18(25)14-7-5-4-6-8-14/h4-12,23-24H,1-3H3/b19-17-. The van der Waals surface area contributed by atoms with Crippen LogP contribution in [-0.2, 0) is 0 Å². The number of anilines is 1. The van der Waals surface area contributed by atoms with Crippen LogP contribution in [-0.4, -0.2) is 11.3 Å². The molecule has 0 aliphatic carbocycles. The number of hydrogen-bond donors (Lipinski definition) is 2. The van der Waals surface area contributed by atoms with Crippen molar-refractivity contribution in [2.75, 3.05) is 5.32 Å². The highest BCUT2D eigenvalue weighted by molar-refractivity contribution is 6.30. The second kappa shape index (κ2) is 7.87. The first-order chi connectivity index (χ1) is 11.8. The van der Waals surface area contributed by atoms with E-state index in [0.29, 0.717) is 16.4 Å². The summed E-state index contributed by atoms with van der Waals surface area (Å²) >= 11 is 5.91. The molecule has 0 radical (unpaired) electrons. The van der Waals surface area contributed by atoms with Gasteiger partial charge in [0.25, 0.3) is 0 Å². The lowest BCUT2D eigenvalue weighted by molar-refractivity contribution is 0.103. The number of carbonyl (C=O) groups is 1. The number of hydrogen-bond acceptors (Lipinski definition) is 4. The molecule has 5 heteroatoms. The van der Waals surface area contributed by atoms with Crippen LogP contribution in [0.1, 0.15) is 31.1 Å². The van der Waals surface area contributed by atoms with E-state index in [1.165, 1.54) is 0 Å².